The normalized spacial score (nSPS) is 71.5. The number of fused-ring (bicyclic) bond motifs is 3. The van der Waals surface area contributed by atoms with Crippen LogP contribution >= 0.6 is 0 Å². The van der Waals surface area contributed by atoms with Crippen LogP contribution in [-0.4, -0.2) is 0 Å². The quantitative estimate of drug-likeness (QED) is 0.636. The molecule has 4 aliphatic carbocycles. The molecule has 0 aromatic heterocycles. The van der Waals surface area contributed by atoms with Crippen molar-refractivity contribution in [2.24, 2.45) is 39.4 Å². The summed E-state index contributed by atoms with van der Waals surface area (Å²) in [7, 11) is 0. The van der Waals surface area contributed by atoms with Gasteiger partial charge in [-0.1, -0.05) is 47.5 Å². The minimum absolute atomic E-state index is 0.733. The maximum absolute atomic E-state index is 2.64. The molecule has 0 aromatic carbocycles. The van der Waals surface area contributed by atoms with Gasteiger partial charge >= 0.3 is 0 Å². The molecule has 4 fully saturated rings. The van der Waals surface area contributed by atoms with Crippen molar-refractivity contribution in [3.8, 4) is 0 Å². The lowest BCUT2D eigenvalue weighted by molar-refractivity contribution is 0.0695. The minimum Gasteiger partial charge on any atom is -0.0648 e. The second kappa shape index (κ2) is 2.49. The number of hydrogen-bond acceptors (Lipinski definition) is 0. The molecule has 0 radical (unpaired) electrons. The van der Waals surface area contributed by atoms with Gasteiger partial charge in [0.25, 0.3) is 0 Å². The van der Waals surface area contributed by atoms with Crippen LogP contribution in [0.4, 0.5) is 0 Å². The van der Waals surface area contributed by atoms with Gasteiger partial charge in [-0.15, -0.1) is 0 Å². The highest BCUT2D eigenvalue weighted by molar-refractivity contribution is 5.53. The molecule has 4 rings (SSSR count). The van der Waals surface area contributed by atoms with Crippen molar-refractivity contribution in [3.63, 3.8) is 0 Å². The smallest absolute Gasteiger partial charge is 0.0144 e. The van der Waals surface area contributed by atoms with E-state index < -0.39 is 0 Å². The lowest BCUT2D eigenvalue weighted by Crippen LogP contribution is -2.35. The minimum atomic E-state index is 0.733. The number of hydrogen-bond donors (Lipinski definition) is 0. The second-order valence-electron chi connectivity index (χ2n) is 8.29. The van der Waals surface area contributed by atoms with Gasteiger partial charge in [-0.25, -0.2) is 0 Å². The van der Waals surface area contributed by atoms with Crippen LogP contribution in [0.25, 0.3) is 0 Å². The summed E-state index contributed by atoms with van der Waals surface area (Å²) in [5.41, 5.74) is 3.08. The van der Waals surface area contributed by atoms with Gasteiger partial charge in [0.1, 0.15) is 0 Å². The third-order valence-electron chi connectivity index (χ3n) is 8.74. The highest BCUT2D eigenvalue weighted by Gasteiger charge is 3.07. The third-order valence-corrected chi connectivity index (χ3v) is 8.74. The maximum Gasteiger partial charge on any atom is -0.0144 e. The first-order valence-electron chi connectivity index (χ1n) is 7.93. The van der Waals surface area contributed by atoms with E-state index in [1.807, 2.05) is 0 Å². The summed E-state index contributed by atoms with van der Waals surface area (Å²) in [6.07, 6.45) is 7.52. The van der Waals surface area contributed by atoms with Gasteiger partial charge < -0.3 is 0 Å². The van der Waals surface area contributed by atoms with Gasteiger partial charge in [-0.2, -0.15) is 0 Å². The van der Waals surface area contributed by atoms with Crippen LogP contribution in [0.3, 0.4) is 0 Å². The molecule has 0 saturated heterocycles. The Morgan fingerprint density at radius 3 is 2.00 bits per heavy atom. The molecule has 17 heavy (non-hydrogen) atoms. The Kier molecular flexibility index (Phi) is 1.60. The first kappa shape index (κ1) is 10.9. The summed E-state index contributed by atoms with van der Waals surface area (Å²) in [6, 6.07) is 0. The molecule has 5 unspecified atom stereocenters. The molecule has 0 heterocycles. The largest absolute Gasteiger partial charge is 0.0648 e. The molecular formula is C17H28. The molecule has 0 aliphatic heterocycles. The number of rotatable bonds is 2. The van der Waals surface area contributed by atoms with Gasteiger partial charge in [0.05, 0.1) is 0 Å². The van der Waals surface area contributed by atoms with Gasteiger partial charge in [-0.05, 0) is 58.7 Å². The van der Waals surface area contributed by atoms with E-state index in [2.05, 4.69) is 34.6 Å². The highest BCUT2D eigenvalue weighted by Crippen LogP contribution is 3.11. The van der Waals surface area contributed by atoms with Crippen LogP contribution in [0.1, 0.15) is 66.7 Å². The molecule has 0 heteroatoms. The Morgan fingerprint density at radius 2 is 1.65 bits per heavy atom. The molecule has 0 N–H and O–H groups in total. The van der Waals surface area contributed by atoms with E-state index in [4.69, 9.17) is 0 Å². The van der Waals surface area contributed by atoms with Gasteiger partial charge in [0.15, 0.2) is 0 Å². The van der Waals surface area contributed by atoms with E-state index in [-0.39, 0.29) is 0 Å². The predicted molar refractivity (Wildman–Crippen MR) is 71.7 cm³/mol. The Hall–Kier alpha value is 0. The molecule has 0 aromatic rings. The molecule has 1 spiro atoms. The highest BCUT2D eigenvalue weighted by atomic mass is 15.1. The first-order chi connectivity index (χ1) is 7.93. The molecule has 5 atom stereocenters. The van der Waals surface area contributed by atoms with Crippen LogP contribution in [0.2, 0.25) is 0 Å². The van der Waals surface area contributed by atoms with Crippen molar-refractivity contribution in [2.45, 2.75) is 66.7 Å². The molecule has 96 valence electrons. The Bertz CT molecular complexity index is 381. The Balaban J connectivity index is 1.68. The van der Waals surface area contributed by atoms with Gasteiger partial charge in [0.2, 0.25) is 0 Å². The van der Waals surface area contributed by atoms with E-state index in [1.165, 1.54) is 25.7 Å². The summed E-state index contributed by atoms with van der Waals surface area (Å²) >= 11 is 0. The fourth-order valence-corrected chi connectivity index (χ4v) is 7.78. The van der Waals surface area contributed by atoms with Crippen molar-refractivity contribution in [1.29, 1.82) is 0 Å². The van der Waals surface area contributed by atoms with Crippen LogP contribution in [0, 0.1) is 39.4 Å². The van der Waals surface area contributed by atoms with Gasteiger partial charge in [0, 0.05) is 0 Å². The fourth-order valence-electron chi connectivity index (χ4n) is 7.78. The van der Waals surface area contributed by atoms with Crippen molar-refractivity contribution in [2.75, 3.05) is 0 Å². The lowest BCUT2D eigenvalue weighted by Gasteiger charge is -2.41. The molecular weight excluding hydrogens is 204 g/mol. The standard InChI is InChI=1S/C17H28/c1-6-16(9-7-8-11(16)2)13-14(4)15(13,5)17(14)10-12(17)3/h11-13H,6-10H2,1-5H3. The van der Waals surface area contributed by atoms with E-state index in [0.717, 1.165) is 39.4 Å². The zero-order valence-electron chi connectivity index (χ0n) is 12.3. The van der Waals surface area contributed by atoms with E-state index >= 15 is 0 Å². The summed E-state index contributed by atoms with van der Waals surface area (Å²) in [5, 5.41) is 0. The topological polar surface area (TPSA) is 0 Å². The van der Waals surface area contributed by atoms with Crippen LogP contribution < -0.4 is 0 Å². The molecule has 0 amide bonds. The monoisotopic (exact) mass is 232 g/mol. The zero-order valence-corrected chi connectivity index (χ0v) is 12.3. The van der Waals surface area contributed by atoms with E-state index in [0.29, 0.717) is 0 Å². The molecule has 4 saturated carbocycles. The van der Waals surface area contributed by atoms with Crippen LogP contribution in [0.15, 0.2) is 0 Å². The fraction of sp³-hybridized carbons (Fsp3) is 1.00. The average molecular weight is 232 g/mol. The van der Waals surface area contributed by atoms with Crippen molar-refractivity contribution >= 4 is 0 Å². The summed E-state index contributed by atoms with van der Waals surface area (Å²) in [5.74, 6) is 3.11. The Labute approximate surface area is 107 Å². The SMILES string of the molecule is CCC1(C2C3(C)C2(C)C32CC2C)CCCC1C. The van der Waals surface area contributed by atoms with Crippen LogP contribution in [-0.2, 0) is 0 Å². The summed E-state index contributed by atoms with van der Waals surface area (Å²) < 4.78 is 0. The molecule has 4 aliphatic rings. The second-order valence-corrected chi connectivity index (χ2v) is 8.29. The summed E-state index contributed by atoms with van der Waals surface area (Å²) in [6.45, 7) is 12.8. The van der Waals surface area contributed by atoms with Gasteiger partial charge in [-0.3, -0.25) is 0 Å². The predicted octanol–water partition coefficient (Wildman–Crippen LogP) is 4.89. The molecule has 0 nitrogen and oxygen atoms in total. The zero-order chi connectivity index (χ0) is 12.3. The van der Waals surface area contributed by atoms with Crippen LogP contribution in [0.5, 0.6) is 0 Å². The van der Waals surface area contributed by atoms with Crippen molar-refractivity contribution in [1.82, 2.24) is 0 Å². The first-order valence-corrected chi connectivity index (χ1v) is 7.93. The maximum atomic E-state index is 2.64. The Morgan fingerprint density at radius 1 is 1.06 bits per heavy atom. The summed E-state index contributed by atoms with van der Waals surface area (Å²) in [4.78, 5) is 0. The molecule has 0 bridgehead atoms. The lowest BCUT2D eigenvalue weighted by atomic mass is 9.63. The van der Waals surface area contributed by atoms with Crippen molar-refractivity contribution < 1.29 is 0 Å². The average Bonchev–Trinajstić information content (AvgIpc) is 3.13. The third kappa shape index (κ3) is 0.720. The van der Waals surface area contributed by atoms with Crippen molar-refractivity contribution in [3.05, 3.63) is 0 Å². The van der Waals surface area contributed by atoms with E-state index in [1.54, 1.807) is 6.42 Å². The van der Waals surface area contributed by atoms with E-state index in [9.17, 15) is 0 Å².